The monoisotopic (exact) mass is 336 g/mol. The van der Waals surface area contributed by atoms with Crippen LogP contribution in [0.5, 0.6) is 0 Å². The van der Waals surface area contributed by atoms with Crippen molar-refractivity contribution < 1.29 is 14.4 Å². The van der Waals surface area contributed by atoms with Crippen LogP contribution in [0.2, 0.25) is 0 Å². The van der Waals surface area contributed by atoms with Gasteiger partial charge in [0.15, 0.2) is 0 Å². The van der Waals surface area contributed by atoms with Gasteiger partial charge in [0.1, 0.15) is 6.29 Å². The molecule has 0 saturated heterocycles. The van der Waals surface area contributed by atoms with Crippen LogP contribution < -0.4 is 5.32 Å². The number of rotatable bonds is 7. The molecule has 0 fully saturated rings. The zero-order valence-electron chi connectivity index (χ0n) is 14.1. The number of nitrogens with zero attached hydrogens (tertiary/aromatic N) is 1. The van der Waals surface area contributed by atoms with Gasteiger partial charge in [0.2, 0.25) is 0 Å². The molecule has 2 aromatic carbocycles. The largest absolute Gasteiger partial charge is 0.383 e. The maximum absolute atomic E-state index is 12.3. The summed E-state index contributed by atoms with van der Waals surface area (Å²) < 4.78 is 0. The van der Waals surface area contributed by atoms with E-state index in [9.17, 15) is 14.4 Å². The summed E-state index contributed by atoms with van der Waals surface area (Å²) >= 11 is 0. The van der Waals surface area contributed by atoms with E-state index in [1.165, 1.54) is 4.90 Å². The first-order chi connectivity index (χ1) is 12.1. The summed E-state index contributed by atoms with van der Waals surface area (Å²) in [5.41, 5.74) is 4.15. The van der Waals surface area contributed by atoms with Gasteiger partial charge in [0, 0.05) is 25.2 Å². The van der Waals surface area contributed by atoms with Crippen LogP contribution in [0.15, 0.2) is 42.5 Å². The molecule has 2 amide bonds. The highest BCUT2D eigenvalue weighted by Gasteiger charge is 2.34. The van der Waals surface area contributed by atoms with Crippen molar-refractivity contribution in [3.8, 4) is 0 Å². The van der Waals surface area contributed by atoms with E-state index in [0.29, 0.717) is 30.6 Å². The fourth-order valence-electron chi connectivity index (χ4n) is 3.06. The van der Waals surface area contributed by atoms with Crippen molar-refractivity contribution in [1.29, 1.82) is 0 Å². The van der Waals surface area contributed by atoms with Crippen LogP contribution in [0, 0.1) is 6.92 Å². The summed E-state index contributed by atoms with van der Waals surface area (Å²) in [5.74, 6) is -0.467. The van der Waals surface area contributed by atoms with E-state index in [0.717, 1.165) is 29.5 Å². The number of aryl methyl sites for hydroxylation is 2. The quantitative estimate of drug-likeness (QED) is 0.624. The van der Waals surface area contributed by atoms with Crippen molar-refractivity contribution in [2.45, 2.75) is 19.8 Å². The first-order valence-electron chi connectivity index (χ1n) is 8.34. The number of carbonyl (C=O) groups is 3. The summed E-state index contributed by atoms with van der Waals surface area (Å²) in [5, 5.41) is 3.25. The predicted molar refractivity (Wildman–Crippen MR) is 95.9 cm³/mol. The third kappa shape index (κ3) is 3.45. The maximum Gasteiger partial charge on any atom is 0.261 e. The van der Waals surface area contributed by atoms with E-state index in [1.807, 2.05) is 25.1 Å². The van der Waals surface area contributed by atoms with E-state index in [-0.39, 0.29) is 11.8 Å². The second-order valence-corrected chi connectivity index (χ2v) is 6.08. The number of aldehydes is 1. The number of anilines is 1. The maximum atomic E-state index is 12.3. The van der Waals surface area contributed by atoms with Crippen molar-refractivity contribution in [2.24, 2.45) is 0 Å². The van der Waals surface area contributed by atoms with E-state index in [2.05, 4.69) is 5.32 Å². The number of fused-ring (bicyclic) bond motifs is 1. The number of hydrogen-bond donors (Lipinski definition) is 1. The van der Waals surface area contributed by atoms with Crippen LogP contribution in [-0.4, -0.2) is 36.1 Å². The Kier molecular flexibility index (Phi) is 4.93. The molecule has 3 rings (SSSR count). The lowest BCUT2D eigenvalue weighted by molar-refractivity contribution is -0.107. The second kappa shape index (κ2) is 7.30. The summed E-state index contributed by atoms with van der Waals surface area (Å²) in [6.07, 6.45) is 2.19. The zero-order valence-corrected chi connectivity index (χ0v) is 14.1. The molecule has 0 aliphatic carbocycles. The van der Waals surface area contributed by atoms with Crippen LogP contribution in [-0.2, 0) is 11.2 Å². The van der Waals surface area contributed by atoms with Crippen LogP contribution in [0.3, 0.4) is 0 Å². The summed E-state index contributed by atoms with van der Waals surface area (Å²) in [6, 6.07) is 12.9. The number of amides is 2. The summed E-state index contributed by atoms with van der Waals surface area (Å²) in [4.78, 5) is 36.4. The molecule has 0 aromatic heterocycles. The van der Waals surface area contributed by atoms with Gasteiger partial charge in [-0.05, 0) is 48.7 Å². The number of benzene rings is 2. The lowest BCUT2D eigenvalue weighted by Gasteiger charge is -2.15. The van der Waals surface area contributed by atoms with Crippen LogP contribution in [0.1, 0.15) is 38.3 Å². The molecule has 0 spiro atoms. The predicted octanol–water partition coefficient (Wildman–Crippen LogP) is 2.83. The van der Waals surface area contributed by atoms with Crippen molar-refractivity contribution in [1.82, 2.24) is 4.90 Å². The standard InChI is InChI=1S/C20H20N2O3/c1-14-13-16(9-8-15(14)5-4-12-23)21-10-11-22-19(24)17-6-2-3-7-18(17)20(22)25/h2-3,6-9,12-13,21H,4-5,10-11H2,1H3. The minimum atomic E-state index is -0.234. The topological polar surface area (TPSA) is 66.5 Å². The number of imide groups is 1. The van der Waals surface area contributed by atoms with Gasteiger partial charge in [-0.2, -0.15) is 0 Å². The van der Waals surface area contributed by atoms with Gasteiger partial charge in [-0.15, -0.1) is 0 Å². The van der Waals surface area contributed by atoms with E-state index < -0.39 is 0 Å². The van der Waals surface area contributed by atoms with E-state index in [4.69, 9.17) is 0 Å². The number of hydrogen-bond acceptors (Lipinski definition) is 4. The van der Waals surface area contributed by atoms with Crippen molar-refractivity contribution in [3.05, 3.63) is 64.7 Å². The van der Waals surface area contributed by atoms with Gasteiger partial charge in [0.25, 0.3) is 11.8 Å². The minimum absolute atomic E-state index is 0.234. The van der Waals surface area contributed by atoms with E-state index in [1.54, 1.807) is 24.3 Å². The van der Waals surface area contributed by atoms with Gasteiger partial charge in [-0.25, -0.2) is 0 Å². The molecule has 1 N–H and O–H groups in total. The molecule has 128 valence electrons. The van der Waals surface area contributed by atoms with Crippen molar-refractivity contribution in [2.75, 3.05) is 18.4 Å². The van der Waals surface area contributed by atoms with Gasteiger partial charge >= 0.3 is 0 Å². The summed E-state index contributed by atoms with van der Waals surface area (Å²) in [7, 11) is 0. The second-order valence-electron chi connectivity index (χ2n) is 6.08. The summed E-state index contributed by atoms with van der Waals surface area (Å²) in [6.45, 7) is 2.81. The Hall–Kier alpha value is -2.95. The fourth-order valence-corrected chi connectivity index (χ4v) is 3.06. The molecule has 1 aliphatic rings. The molecule has 0 saturated carbocycles. The first kappa shape index (κ1) is 16.9. The highest BCUT2D eigenvalue weighted by Crippen LogP contribution is 2.22. The average Bonchev–Trinajstić information content (AvgIpc) is 2.86. The normalized spacial score (nSPS) is 13.1. The van der Waals surface area contributed by atoms with Crippen LogP contribution in [0.4, 0.5) is 5.69 Å². The molecule has 1 heterocycles. The van der Waals surface area contributed by atoms with Gasteiger partial charge < -0.3 is 10.1 Å². The highest BCUT2D eigenvalue weighted by molar-refractivity contribution is 6.21. The molecule has 0 atom stereocenters. The van der Waals surface area contributed by atoms with Crippen molar-refractivity contribution >= 4 is 23.8 Å². The van der Waals surface area contributed by atoms with Crippen LogP contribution in [0.25, 0.3) is 0 Å². The number of carbonyl (C=O) groups excluding carboxylic acids is 3. The first-order valence-corrected chi connectivity index (χ1v) is 8.34. The van der Waals surface area contributed by atoms with Gasteiger partial charge in [0.05, 0.1) is 11.1 Å². The lowest BCUT2D eigenvalue weighted by atomic mass is 10.0. The molecular formula is C20H20N2O3. The van der Waals surface area contributed by atoms with E-state index >= 15 is 0 Å². The number of nitrogens with one attached hydrogen (secondary N) is 1. The molecule has 5 nitrogen and oxygen atoms in total. The Labute approximate surface area is 146 Å². The van der Waals surface area contributed by atoms with Crippen molar-refractivity contribution in [3.63, 3.8) is 0 Å². The SMILES string of the molecule is Cc1cc(NCCN2C(=O)c3ccccc3C2=O)ccc1CCC=O. The fraction of sp³-hybridized carbons (Fsp3) is 0.250. The molecule has 25 heavy (non-hydrogen) atoms. The Morgan fingerprint density at radius 1 is 1.04 bits per heavy atom. The highest BCUT2D eigenvalue weighted by atomic mass is 16.2. The Morgan fingerprint density at radius 3 is 2.32 bits per heavy atom. The Balaban J connectivity index is 1.59. The molecule has 0 bridgehead atoms. The third-order valence-corrected chi connectivity index (χ3v) is 4.42. The van der Waals surface area contributed by atoms with Gasteiger partial charge in [-0.3, -0.25) is 14.5 Å². The average molecular weight is 336 g/mol. The minimum Gasteiger partial charge on any atom is -0.383 e. The Morgan fingerprint density at radius 2 is 1.72 bits per heavy atom. The molecule has 5 heteroatoms. The Bertz CT molecular complexity index is 794. The molecule has 0 unspecified atom stereocenters. The molecule has 0 radical (unpaired) electrons. The molecule has 1 aliphatic heterocycles. The van der Waals surface area contributed by atoms with Gasteiger partial charge in [-0.1, -0.05) is 18.2 Å². The molecule has 2 aromatic rings. The van der Waals surface area contributed by atoms with Crippen LogP contribution >= 0.6 is 0 Å². The molecular weight excluding hydrogens is 316 g/mol. The lowest BCUT2D eigenvalue weighted by Crippen LogP contribution is -2.34. The third-order valence-electron chi connectivity index (χ3n) is 4.42. The smallest absolute Gasteiger partial charge is 0.261 e. The zero-order chi connectivity index (χ0) is 17.8.